The summed E-state index contributed by atoms with van der Waals surface area (Å²) in [5.74, 6) is 0.198. The summed E-state index contributed by atoms with van der Waals surface area (Å²) in [5, 5.41) is 3.09. The van der Waals surface area contributed by atoms with Crippen molar-refractivity contribution in [3.05, 3.63) is 54.1 Å². The van der Waals surface area contributed by atoms with Crippen molar-refractivity contribution in [2.45, 2.75) is 31.3 Å². The minimum absolute atomic E-state index is 0.0380. The molecule has 1 N–H and O–H groups in total. The fourth-order valence-electron chi connectivity index (χ4n) is 2.90. The quantitative estimate of drug-likeness (QED) is 0.751. The molecule has 3 rings (SSSR count). The van der Waals surface area contributed by atoms with E-state index in [1.165, 1.54) is 12.1 Å². The Hall–Kier alpha value is -2.41. The first-order valence-corrected chi connectivity index (χ1v) is 9.91. The minimum Gasteiger partial charge on any atom is -0.373 e. The lowest BCUT2D eigenvalue weighted by Crippen LogP contribution is -2.14. The fourth-order valence-corrected chi connectivity index (χ4v) is 3.53. The standard InChI is InChI=1S/C18H20FN3O2S/c1-4-22-17-8-6-5-7-16(17)21-18(22)12(2)20-15-10-9-13(11-14(15)19)25(3,23)24/h5-12,20H,4H2,1-3H3. The van der Waals surface area contributed by atoms with Gasteiger partial charge in [-0.3, -0.25) is 0 Å². The smallest absolute Gasteiger partial charge is 0.175 e. The third-order valence-corrected chi connectivity index (χ3v) is 5.24. The normalized spacial score (nSPS) is 13.1. The second-order valence-electron chi connectivity index (χ2n) is 5.98. The lowest BCUT2D eigenvalue weighted by Gasteiger charge is -2.17. The van der Waals surface area contributed by atoms with Gasteiger partial charge in [0, 0.05) is 12.8 Å². The van der Waals surface area contributed by atoms with Gasteiger partial charge >= 0.3 is 0 Å². The van der Waals surface area contributed by atoms with Gasteiger partial charge in [-0.25, -0.2) is 17.8 Å². The van der Waals surface area contributed by atoms with E-state index in [0.29, 0.717) is 0 Å². The average molecular weight is 361 g/mol. The summed E-state index contributed by atoms with van der Waals surface area (Å²) in [6, 6.07) is 11.5. The van der Waals surface area contributed by atoms with Crippen molar-refractivity contribution in [1.82, 2.24) is 9.55 Å². The fraction of sp³-hybridized carbons (Fsp3) is 0.278. The molecular formula is C18H20FN3O2S. The second-order valence-corrected chi connectivity index (χ2v) is 8.00. The Morgan fingerprint density at radius 3 is 2.60 bits per heavy atom. The summed E-state index contributed by atoms with van der Waals surface area (Å²) in [6.45, 7) is 4.68. The number of imidazole rings is 1. The first-order valence-electron chi connectivity index (χ1n) is 8.02. The van der Waals surface area contributed by atoms with Gasteiger partial charge in [-0.05, 0) is 44.2 Å². The maximum Gasteiger partial charge on any atom is 0.175 e. The van der Waals surface area contributed by atoms with Crippen LogP contribution in [-0.4, -0.2) is 24.2 Å². The van der Waals surface area contributed by atoms with Crippen LogP contribution in [0.3, 0.4) is 0 Å². The third-order valence-electron chi connectivity index (χ3n) is 4.13. The zero-order valence-electron chi connectivity index (χ0n) is 14.3. The van der Waals surface area contributed by atoms with Gasteiger partial charge in [-0.1, -0.05) is 12.1 Å². The van der Waals surface area contributed by atoms with Gasteiger partial charge < -0.3 is 9.88 Å². The van der Waals surface area contributed by atoms with Crippen molar-refractivity contribution in [2.75, 3.05) is 11.6 Å². The van der Waals surface area contributed by atoms with E-state index in [2.05, 4.69) is 14.9 Å². The molecule has 1 atom stereocenters. The van der Waals surface area contributed by atoms with Gasteiger partial charge in [0.15, 0.2) is 9.84 Å². The van der Waals surface area contributed by atoms with Crippen LogP contribution in [0, 0.1) is 5.82 Å². The summed E-state index contributed by atoms with van der Waals surface area (Å²) < 4.78 is 39.4. The molecule has 0 bridgehead atoms. The lowest BCUT2D eigenvalue weighted by atomic mass is 10.2. The molecule has 132 valence electrons. The number of hydrogen-bond donors (Lipinski definition) is 1. The van der Waals surface area contributed by atoms with Crippen LogP contribution in [0.5, 0.6) is 0 Å². The highest BCUT2D eigenvalue weighted by Gasteiger charge is 2.18. The van der Waals surface area contributed by atoms with Crippen molar-refractivity contribution in [3.8, 4) is 0 Å². The highest BCUT2D eigenvalue weighted by atomic mass is 32.2. The molecule has 25 heavy (non-hydrogen) atoms. The number of anilines is 1. The molecule has 2 aromatic carbocycles. The number of para-hydroxylation sites is 2. The van der Waals surface area contributed by atoms with E-state index >= 15 is 0 Å². The Labute approximate surface area is 146 Å². The summed E-state index contributed by atoms with van der Waals surface area (Å²) >= 11 is 0. The molecule has 3 aromatic rings. The maximum atomic E-state index is 14.3. The Morgan fingerprint density at radius 1 is 1.24 bits per heavy atom. The Kier molecular flexibility index (Phi) is 4.51. The predicted octanol–water partition coefficient (Wildman–Crippen LogP) is 3.77. The van der Waals surface area contributed by atoms with Crippen LogP contribution in [0.25, 0.3) is 11.0 Å². The molecule has 1 aromatic heterocycles. The number of sulfone groups is 1. The van der Waals surface area contributed by atoms with E-state index in [4.69, 9.17) is 0 Å². The van der Waals surface area contributed by atoms with Crippen molar-refractivity contribution in [1.29, 1.82) is 0 Å². The van der Waals surface area contributed by atoms with Gasteiger partial charge in [0.25, 0.3) is 0 Å². The number of nitrogens with one attached hydrogen (secondary N) is 1. The molecule has 0 saturated carbocycles. The maximum absolute atomic E-state index is 14.3. The summed E-state index contributed by atoms with van der Waals surface area (Å²) in [7, 11) is -3.43. The zero-order valence-corrected chi connectivity index (χ0v) is 15.1. The SMILES string of the molecule is CCn1c(C(C)Nc2ccc(S(C)(=O)=O)cc2F)nc2ccccc21. The van der Waals surface area contributed by atoms with Crippen LogP contribution in [0.15, 0.2) is 47.4 Å². The minimum atomic E-state index is -3.43. The number of aryl methyl sites for hydroxylation is 1. The molecule has 1 unspecified atom stereocenters. The summed E-state index contributed by atoms with van der Waals surface area (Å²) in [6.07, 6.45) is 1.06. The number of aromatic nitrogens is 2. The average Bonchev–Trinajstić information content (AvgIpc) is 2.94. The third kappa shape index (κ3) is 3.37. The van der Waals surface area contributed by atoms with E-state index in [1.54, 1.807) is 0 Å². The second kappa shape index (κ2) is 6.48. The zero-order chi connectivity index (χ0) is 18.2. The van der Waals surface area contributed by atoms with E-state index in [-0.39, 0.29) is 16.6 Å². The van der Waals surface area contributed by atoms with E-state index in [1.807, 2.05) is 38.1 Å². The van der Waals surface area contributed by atoms with E-state index in [9.17, 15) is 12.8 Å². The number of fused-ring (bicyclic) bond motifs is 1. The molecule has 0 aliphatic heterocycles. The molecule has 0 radical (unpaired) electrons. The van der Waals surface area contributed by atoms with Gasteiger partial charge in [-0.2, -0.15) is 0 Å². The predicted molar refractivity (Wildman–Crippen MR) is 97.0 cm³/mol. The number of benzene rings is 2. The van der Waals surface area contributed by atoms with Crippen molar-refractivity contribution in [3.63, 3.8) is 0 Å². The highest BCUT2D eigenvalue weighted by Crippen LogP contribution is 2.26. The van der Waals surface area contributed by atoms with Crippen LogP contribution in [0.1, 0.15) is 25.7 Å². The number of halogens is 1. The highest BCUT2D eigenvalue weighted by molar-refractivity contribution is 7.90. The molecule has 0 saturated heterocycles. The number of nitrogens with zero attached hydrogens (tertiary/aromatic N) is 2. The monoisotopic (exact) mass is 361 g/mol. The molecule has 0 aliphatic carbocycles. The van der Waals surface area contributed by atoms with Crippen LogP contribution < -0.4 is 5.32 Å². The van der Waals surface area contributed by atoms with Crippen LogP contribution >= 0.6 is 0 Å². The van der Waals surface area contributed by atoms with Gasteiger partial charge in [0.1, 0.15) is 11.6 Å². The van der Waals surface area contributed by atoms with Crippen LogP contribution in [0.2, 0.25) is 0 Å². The van der Waals surface area contributed by atoms with Gasteiger partial charge in [0.05, 0.1) is 27.7 Å². The Balaban J connectivity index is 1.94. The van der Waals surface area contributed by atoms with E-state index < -0.39 is 15.7 Å². The molecular weight excluding hydrogens is 341 g/mol. The molecule has 7 heteroatoms. The van der Waals surface area contributed by atoms with Gasteiger partial charge in [0.2, 0.25) is 0 Å². The first-order chi connectivity index (χ1) is 11.8. The summed E-state index contributed by atoms with van der Waals surface area (Å²) in [5.41, 5.74) is 2.16. The largest absolute Gasteiger partial charge is 0.373 e. The Bertz CT molecular complexity index is 1030. The lowest BCUT2D eigenvalue weighted by molar-refractivity contribution is 0.595. The number of hydrogen-bond acceptors (Lipinski definition) is 4. The molecule has 0 aliphatic rings. The molecule has 0 fully saturated rings. The van der Waals surface area contributed by atoms with Crippen LogP contribution in [0.4, 0.5) is 10.1 Å². The van der Waals surface area contributed by atoms with E-state index in [0.717, 1.165) is 35.7 Å². The molecule has 1 heterocycles. The van der Waals surface area contributed by atoms with Crippen molar-refractivity contribution < 1.29 is 12.8 Å². The van der Waals surface area contributed by atoms with Gasteiger partial charge in [-0.15, -0.1) is 0 Å². The molecule has 0 amide bonds. The van der Waals surface area contributed by atoms with Crippen molar-refractivity contribution >= 4 is 26.6 Å². The topological polar surface area (TPSA) is 64.0 Å². The van der Waals surface area contributed by atoms with Crippen molar-refractivity contribution in [2.24, 2.45) is 0 Å². The molecule has 5 nitrogen and oxygen atoms in total. The number of rotatable bonds is 5. The summed E-state index contributed by atoms with van der Waals surface area (Å²) in [4.78, 5) is 4.61. The Morgan fingerprint density at radius 2 is 1.96 bits per heavy atom. The van der Waals surface area contributed by atoms with Crippen LogP contribution in [-0.2, 0) is 16.4 Å². The first kappa shape index (κ1) is 17.4. The molecule has 0 spiro atoms.